The smallest absolute Gasteiger partial charge is 0.233 e. The van der Waals surface area contributed by atoms with Gasteiger partial charge in [0.25, 0.3) is 0 Å². The predicted molar refractivity (Wildman–Crippen MR) is 125 cm³/mol. The molecule has 3 aliphatic rings. The summed E-state index contributed by atoms with van der Waals surface area (Å²) in [4.78, 5) is 35.9. The van der Waals surface area contributed by atoms with Crippen LogP contribution in [0.5, 0.6) is 0 Å². The zero-order valence-electron chi connectivity index (χ0n) is 18.0. The van der Waals surface area contributed by atoms with Gasteiger partial charge in [0, 0.05) is 31.1 Å². The molecule has 2 fully saturated rings. The number of guanidine groups is 1. The zero-order chi connectivity index (χ0) is 22.1. The van der Waals surface area contributed by atoms with Gasteiger partial charge in [-0.25, -0.2) is 4.98 Å². The molecular formula is C24H27N5O2S. The molecule has 1 aromatic carbocycles. The van der Waals surface area contributed by atoms with E-state index in [1.54, 1.807) is 18.4 Å². The Labute approximate surface area is 191 Å². The van der Waals surface area contributed by atoms with Crippen molar-refractivity contribution in [3.63, 3.8) is 0 Å². The van der Waals surface area contributed by atoms with E-state index in [1.807, 2.05) is 18.2 Å². The second-order valence-corrected chi connectivity index (χ2v) is 9.47. The molecule has 2 N–H and O–H groups in total. The highest BCUT2D eigenvalue weighted by atomic mass is 32.1. The minimum absolute atomic E-state index is 0.0253. The molecule has 32 heavy (non-hydrogen) atoms. The number of carbonyl (C=O) groups is 2. The van der Waals surface area contributed by atoms with E-state index in [-0.39, 0.29) is 35.5 Å². The number of imide groups is 1. The number of nitrogens with one attached hydrogen (secondary N) is 2. The lowest BCUT2D eigenvalue weighted by Crippen LogP contribution is -2.39. The van der Waals surface area contributed by atoms with Gasteiger partial charge in [-0.3, -0.25) is 19.5 Å². The maximum atomic E-state index is 12.7. The molecule has 7 nitrogen and oxygen atoms in total. The van der Waals surface area contributed by atoms with E-state index in [2.05, 4.69) is 50.3 Å². The third-order valence-electron chi connectivity index (χ3n) is 6.66. The van der Waals surface area contributed by atoms with Crippen molar-refractivity contribution in [3.8, 4) is 11.3 Å². The van der Waals surface area contributed by atoms with Crippen LogP contribution < -0.4 is 10.6 Å². The third kappa shape index (κ3) is 3.83. The first kappa shape index (κ1) is 20.9. The second kappa shape index (κ2) is 8.86. The van der Waals surface area contributed by atoms with Gasteiger partial charge in [0.15, 0.2) is 5.96 Å². The van der Waals surface area contributed by atoms with Crippen molar-refractivity contribution in [1.82, 2.24) is 20.5 Å². The van der Waals surface area contributed by atoms with Crippen LogP contribution in [0.2, 0.25) is 0 Å². The van der Waals surface area contributed by atoms with Gasteiger partial charge in [0.05, 0.1) is 24.1 Å². The molecule has 1 aromatic heterocycles. The number of hydrogen-bond donors (Lipinski definition) is 2. The van der Waals surface area contributed by atoms with Gasteiger partial charge < -0.3 is 10.6 Å². The lowest BCUT2D eigenvalue weighted by molar-refractivity contribution is -0.140. The van der Waals surface area contributed by atoms with Crippen molar-refractivity contribution in [3.05, 3.63) is 52.9 Å². The molecule has 4 atom stereocenters. The Hall–Kier alpha value is -3.00. The zero-order valence-corrected chi connectivity index (χ0v) is 18.8. The van der Waals surface area contributed by atoms with Crippen molar-refractivity contribution in [1.29, 1.82) is 0 Å². The highest BCUT2D eigenvalue weighted by molar-refractivity contribution is 7.09. The van der Waals surface area contributed by atoms with Gasteiger partial charge in [-0.2, -0.15) is 0 Å². The fourth-order valence-corrected chi connectivity index (χ4v) is 5.88. The number of thiazole rings is 1. The van der Waals surface area contributed by atoms with E-state index >= 15 is 0 Å². The molecule has 166 valence electrons. The van der Waals surface area contributed by atoms with Crippen molar-refractivity contribution in [2.24, 2.45) is 28.7 Å². The largest absolute Gasteiger partial charge is 0.356 e. The quantitative estimate of drug-likeness (QED) is 0.223. The first-order chi connectivity index (χ1) is 15.7. The summed E-state index contributed by atoms with van der Waals surface area (Å²) in [6.45, 7) is 1.67. The third-order valence-corrected chi connectivity index (χ3v) is 7.51. The van der Waals surface area contributed by atoms with Crippen LogP contribution in [0.25, 0.3) is 11.3 Å². The average Bonchev–Trinajstić information content (AvgIpc) is 3.60. The Morgan fingerprint density at radius 2 is 1.84 bits per heavy atom. The summed E-state index contributed by atoms with van der Waals surface area (Å²) in [6.07, 6.45) is 5.91. The Balaban J connectivity index is 1.07. The van der Waals surface area contributed by atoms with Gasteiger partial charge >= 0.3 is 0 Å². The molecule has 2 bridgehead atoms. The highest BCUT2D eigenvalue weighted by Crippen LogP contribution is 2.52. The normalized spacial score (nSPS) is 26.2. The van der Waals surface area contributed by atoms with Gasteiger partial charge in [-0.1, -0.05) is 42.5 Å². The molecule has 1 saturated heterocycles. The number of hydrogen-bond acceptors (Lipinski definition) is 5. The summed E-state index contributed by atoms with van der Waals surface area (Å²) in [6, 6.07) is 10.1. The molecule has 8 heteroatoms. The van der Waals surface area contributed by atoms with E-state index in [0.717, 1.165) is 22.7 Å². The summed E-state index contributed by atoms with van der Waals surface area (Å²) in [5.74, 6) is 1.04. The van der Waals surface area contributed by atoms with Gasteiger partial charge in [-0.15, -0.1) is 11.3 Å². The number of aromatic nitrogens is 1. The summed E-state index contributed by atoms with van der Waals surface area (Å²) in [5, 5.41) is 9.59. The summed E-state index contributed by atoms with van der Waals surface area (Å²) < 4.78 is 0. The summed E-state index contributed by atoms with van der Waals surface area (Å²) in [7, 11) is 1.73. The molecule has 0 radical (unpaired) electrons. The van der Waals surface area contributed by atoms with E-state index < -0.39 is 0 Å². The number of allylic oxidation sites excluding steroid dienone is 2. The molecule has 1 aliphatic heterocycles. The summed E-state index contributed by atoms with van der Waals surface area (Å²) in [5.41, 5.74) is 2.08. The molecule has 5 rings (SSSR count). The first-order valence-corrected chi connectivity index (χ1v) is 12.0. The fraction of sp³-hybridized carbons (Fsp3) is 0.417. The van der Waals surface area contributed by atoms with Crippen molar-refractivity contribution < 1.29 is 9.59 Å². The minimum Gasteiger partial charge on any atom is -0.356 e. The number of likely N-dealkylation sites (tertiary alicyclic amines) is 1. The van der Waals surface area contributed by atoms with Crippen molar-refractivity contribution >= 4 is 29.1 Å². The lowest BCUT2D eigenvalue weighted by atomic mass is 9.85. The Morgan fingerprint density at radius 3 is 2.53 bits per heavy atom. The average molecular weight is 450 g/mol. The molecule has 2 heterocycles. The SMILES string of the molecule is CN=C(NCCCN1C(=O)C2C3C=CC(C3)C2C1=O)NCc1nc(-c2ccccc2)cs1. The molecular weight excluding hydrogens is 422 g/mol. The topological polar surface area (TPSA) is 86.7 Å². The Morgan fingerprint density at radius 1 is 1.12 bits per heavy atom. The van der Waals surface area contributed by atoms with Crippen molar-refractivity contribution in [2.75, 3.05) is 20.1 Å². The number of carbonyl (C=O) groups excluding carboxylic acids is 2. The van der Waals surface area contributed by atoms with E-state index in [9.17, 15) is 9.59 Å². The highest BCUT2D eigenvalue weighted by Gasteiger charge is 2.58. The Kier molecular flexibility index (Phi) is 5.78. The second-order valence-electron chi connectivity index (χ2n) is 8.53. The molecule has 2 aromatic rings. The van der Waals surface area contributed by atoms with E-state index in [0.29, 0.717) is 32.0 Å². The maximum Gasteiger partial charge on any atom is 0.233 e. The number of benzene rings is 1. The van der Waals surface area contributed by atoms with Crippen LogP contribution >= 0.6 is 11.3 Å². The fourth-order valence-electron chi connectivity index (χ4n) is 5.14. The van der Waals surface area contributed by atoms with Gasteiger partial charge in [0.2, 0.25) is 11.8 Å². The van der Waals surface area contributed by atoms with E-state index in [1.165, 1.54) is 4.90 Å². The lowest BCUT2D eigenvalue weighted by Gasteiger charge is -2.17. The standard InChI is InChI=1S/C24H27N5O2S/c1-25-24(27-13-19-28-18(14-32-19)15-6-3-2-4-7-15)26-10-5-11-29-22(30)20-16-8-9-17(12-16)21(20)23(29)31/h2-4,6-9,14,16-17,20-21H,5,10-13H2,1H3,(H2,25,26,27). The molecule has 2 amide bonds. The van der Waals surface area contributed by atoms with Crippen LogP contribution in [-0.2, 0) is 16.1 Å². The molecule has 1 saturated carbocycles. The number of fused-ring (bicyclic) bond motifs is 5. The number of amides is 2. The summed E-state index contributed by atoms with van der Waals surface area (Å²) >= 11 is 1.61. The maximum absolute atomic E-state index is 12.7. The number of rotatable bonds is 7. The van der Waals surface area contributed by atoms with Crippen LogP contribution in [0.1, 0.15) is 17.8 Å². The van der Waals surface area contributed by atoms with Gasteiger partial charge in [-0.05, 0) is 24.7 Å². The monoisotopic (exact) mass is 449 g/mol. The van der Waals surface area contributed by atoms with Crippen LogP contribution in [0.4, 0.5) is 0 Å². The van der Waals surface area contributed by atoms with Crippen LogP contribution in [0, 0.1) is 23.7 Å². The van der Waals surface area contributed by atoms with Crippen LogP contribution in [0.3, 0.4) is 0 Å². The van der Waals surface area contributed by atoms with E-state index in [4.69, 9.17) is 0 Å². The Bertz CT molecular complexity index is 1030. The minimum atomic E-state index is -0.112. The number of aliphatic imine (C=N–C) groups is 1. The van der Waals surface area contributed by atoms with Crippen LogP contribution in [-0.4, -0.2) is 47.8 Å². The first-order valence-electron chi connectivity index (χ1n) is 11.1. The number of nitrogens with zero attached hydrogens (tertiary/aromatic N) is 3. The molecule has 0 spiro atoms. The van der Waals surface area contributed by atoms with Crippen LogP contribution in [0.15, 0.2) is 52.9 Å². The van der Waals surface area contributed by atoms with Crippen molar-refractivity contribution in [2.45, 2.75) is 19.4 Å². The molecule has 4 unspecified atom stereocenters. The van der Waals surface area contributed by atoms with Gasteiger partial charge in [0.1, 0.15) is 5.01 Å². The predicted octanol–water partition coefficient (Wildman–Crippen LogP) is 2.67. The molecule has 2 aliphatic carbocycles.